The summed E-state index contributed by atoms with van der Waals surface area (Å²) in [5, 5.41) is -0.406. The molecule has 1 fully saturated rings. The van der Waals surface area contributed by atoms with E-state index in [0.717, 1.165) is 39.1 Å². The van der Waals surface area contributed by atoms with Crippen LogP contribution in [0.2, 0.25) is 0 Å². The summed E-state index contributed by atoms with van der Waals surface area (Å²) in [6.07, 6.45) is 2.00. The standard InChI is InChI=1S/C12H22ClNO2/c1-4-16-9-12(3)5-7-14(8-6-12)11(15)10(2)13/h10H,4-9H2,1-3H3. The summed E-state index contributed by atoms with van der Waals surface area (Å²) in [7, 11) is 0. The molecule has 0 aromatic carbocycles. The van der Waals surface area contributed by atoms with Crippen LogP contribution in [0.5, 0.6) is 0 Å². The summed E-state index contributed by atoms with van der Waals surface area (Å²) in [6.45, 7) is 9.14. The van der Waals surface area contributed by atoms with E-state index in [1.54, 1.807) is 6.92 Å². The number of hydrogen-bond donors (Lipinski definition) is 0. The molecule has 0 aliphatic carbocycles. The third-order valence-corrected chi connectivity index (χ3v) is 3.46. The van der Waals surface area contributed by atoms with Gasteiger partial charge in [0.05, 0.1) is 6.61 Å². The van der Waals surface area contributed by atoms with Gasteiger partial charge in [0.1, 0.15) is 5.38 Å². The van der Waals surface area contributed by atoms with Crippen molar-refractivity contribution in [3.63, 3.8) is 0 Å². The summed E-state index contributed by atoms with van der Waals surface area (Å²) in [4.78, 5) is 13.6. The number of carbonyl (C=O) groups is 1. The number of likely N-dealkylation sites (tertiary alicyclic amines) is 1. The first kappa shape index (κ1) is 13.8. The van der Waals surface area contributed by atoms with Crippen LogP contribution >= 0.6 is 11.6 Å². The smallest absolute Gasteiger partial charge is 0.240 e. The second-order valence-electron chi connectivity index (χ2n) is 4.89. The Kier molecular flexibility index (Phi) is 5.06. The monoisotopic (exact) mass is 247 g/mol. The van der Waals surface area contributed by atoms with Crippen LogP contribution in [0.1, 0.15) is 33.6 Å². The van der Waals surface area contributed by atoms with Crippen molar-refractivity contribution >= 4 is 17.5 Å². The zero-order valence-electron chi connectivity index (χ0n) is 10.5. The minimum absolute atomic E-state index is 0.0557. The van der Waals surface area contributed by atoms with Crippen molar-refractivity contribution in [2.24, 2.45) is 5.41 Å². The van der Waals surface area contributed by atoms with Crippen LogP contribution in [0.4, 0.5) is 0 Å². The highest BCUT2D eigenvalue weighted by Gasteiger charge is 2.32. The summed E-state index contributed by atoms with van der Waals surface area (Å²) >= 11 is 5.80. The maximum absolute atomic E-state index is 11.7. The lowest BCUT2D eigenvalue weighted by Gasteiger charge is -2.39. The number of alkyl halides is 1. The molecule has 1 rings (SSSR count). The van der Waals surface area contributed by atoms with Crippen LogP contribution in [0.25, 0.3) is 0 Å². The summed E-state index contributed by atoms with van der Waals surface area (Å²) in [5.41, 5.74) is 0.225. The molecule has 0 radical (unpaired) electrons. The van der Waals surface area contributed by atoms with Crippen molar-refractivity contribution in [2.75, 3.05) is 26.3 Å². The molecule has 0 spiro atoms. The van der Waals surface area contributed by atoms with Crippen molar-refractivity contribution in [2.45, 2.75) is 39.0 Å². The molecular formula is C12H22ClNO2. The quantitative estimate of drug-likeness (QED) is 0.714. The Bertz CT molecular complexity index is 235. The lowest BCUT2D eigenvalue weighted by molar-refractivity contribution is -0.133. The molecule has 0 saturated carbocycles. The third-order valence-electron chi connectivity index (χ3n) is 3.28. The molecule has 1 unspecified atom stereocenters. The van der Waals surface area contributed by atoms with Gasteiger partial charge in [0.2, 0.25) is 5.91 Å². The second kappa shape index (κ2) is 5.87. The van der Waals surface area contributed by atoms with E-state index in [1.165, 1.54) is 0 Å². The Labute approximate surface area is 103 Å². The Morgan fingerprint density at radius 3 is 2.50 bits per heavy atom. The fourth-order valence-electron chi connectivity index (χ4n) is 2.01. The average Bonchev–Trinajstić information content (AvgIpc) is 2.26. The number of amides is 1. The molecule has 1 saturated heterocycles. The van der Waals surface area contributed by atoms with E-state index in [2.05, 4.69) is 6.92 Å². The fraction of sp³-hybridized carbons (Fsp3) is 0.917. The van der Waals surface area contributed by atoms with E-state index in [-0.39, 0.29) is 11.3 Å². The van der Waals surface area contributed by atoms with Gasteiger partial charge in [-0.25, -0.2) is 0 Å². The molecule has 1 aliphatic rings. The van der Waals surface area contributed by atoms with E-state index >= 15 is 0 Å². The van der Waals surface area contributed by atoms with Gasteiger partial charge in [0.15, 0.2) is 0 Å². The Morgan fingerprint density at radius 2 is 2.06 bits per heavy atom. The minimum Gasteiger partial charge on any atom is -0.381 e. The first-order chi connectivity index (χ1) is 7.48. The molecule has 1 atom stereocenters. The topological polar surface area (TPSA) is 29.5 Å². The van der Waals surface area contributed by atoms with Gasteiger partial charge in [-0.2, -0.15) is 0 Å². The van der Waals surface area contributed by atoms with Gasteiger partial charge in [-0.3, -0.25) is 4.79 Å². The van der Waals surface area contributed by atoms with Crippen LogP contribution in [-0.4, -0.2) is 42.5 Å². The van der Waals surface area contributed by atoms with Crippen LogP contribution in [0.3, 0.4) is 0 Å². The highest BCUT2D eigenvalue weighted by atomic mass is 35.5. The molecule has 3 nitrogen and oxygen atoms in total. The lowest BCUT2D eigenvalue weighted by Crippen LogP contribution is -2.45. The first-order valence-electron chi connectivity index (χ1n) is 5.99. The molecule has 94 valence electrons. The molecule has 0 bridgehead atoms. The van der Waals surface area contributed by atoms with Crippen molar-refractivity contribution in [1.82, 2.24) is 4.90 Å². The van der Waals surface area contributed by atoms with Crippen molar-refractivity contribution in [3.05, 3.63) is 0 Å². The van der Waals surface area contributed by atoms with Gasteiger partial charge in [-0.05, 0) is 32.1 Å². The van der Waals surface area contributed by atoms with Gasteiger partial charge in [0.25, 0.3) is 0 Å². The highest BCUT2D eigenvalue weighted by molar-refractivity contribution is 6.30. The van der Waals surface area contributed by atoms with E-state index in [9.17, 15) is 4.79 Å². The molecule has 0 aromatic rings. The van der Waals surface area contributed by atoms with Crippen molar-refractivity contribution < 1.29 is 9.53 Å². The molecule has 16 heavy (non-hydrogen) atoms. The van der Waals surface area contributed by atoms with Gasteiger partial charge < -0.3 is 9.64 Å². The van der Waals surface area contributed by atoms with Crippen molar-refractivity contribution in [3.8, 4) is 0 Å². The number of carbonyl (C=O) groups excluding carboxylic acids is 1. The number of piperidine rings is 1. The zero-order chi connectivity index (χ0) is 12.2. The largest absolute Gasteiger partial charge is 0.381 e. The van der Waals surface area contributed by atoms with Crippen LogP contribution in [0.15, 0.2) is 0 Å². The number of ether oxygens (including phenoxy) is 1. The van der Waals surface area contributed by atoms with E-state index in [1.807, 2.05) is 11.8 Å². The average molecular weight is 248 g/mol. The molecular weight excluding hydrogens is 226 g/mol. The maximum atomic E-state index is 11.7. The second-order valence-corrected chi connectivity index (χ2v) is 5.54. The Balaban J connectivity index is 2.41. The molecule has 0 N–H and O–H groups in total. The SMILES string of the molecule is CCOCC1(C)CCN(C(=O)C(C)Cl)CC1. The zero-order valence-corrected chi connectivity index (χ0v) is 11.2. The molecule has 1 amide bonds. The predicted octanol–water partition coefficient (Wildman–Crippen LogP) is 2.28. The Hall–Kier alpha value is -0.280. The summed E-state index contributed by atoms with van der Waals surface area (Å²) < 4.78 is 5.49. The summed E-state index contributed by atoms with van der Waals surface area (Å²) in [6, 6.07) is 0. The van der Waals surface area contributed by atoms with Crippen LogP contribution < -0.4 is 0 Å². The Morgan fingerprint density at radius 1 is 1.50 bits per heavy atom. The normalized spacial score (nSPS) is 21.9. The van der Waals surface area contributed by atoms with Crippen LogP contribution in [-0.2, 0) is 9.53 Å². The number of halogens is 1. The molecule has 1 aliphatic heterocycles. The van der Waals surface area contributed by atoms with Gasteiger partial charge >= 0.3 is 0 Å². The van der Waals surface area contributed by atoms with Crippen molar-refractivity contribution in [1.29, 1.82) is 0 Å². The fourth-order valence-corrected chi connectivity index (χ4v) is 2.15. The molecule has 0 aromatic heterocycles. The first-order valence-corrected chi connectivity index (χ1v) is 6.43. The molecule has 4 heteroatoms. The van der Waals surface area contributed by atoms with E-state index in [4.69, 9.17) is 16.3 Å². The maximum Gasteiger partial charge on any atom is 0.240 e. The van der Waals surface area contributed by atoms with E-state index < -0.39 is 5.38 Å². The summed E-state index contributed by atoms with van der Waals surface area (Å²) in [5.74, 6) is 0.0557. The predicted molar refractivity (Wildman–Crippen MR) is 65.7 cm³/mol. The number of nitrogens with zero attached hydrogens (tertiary/aromatic N) is 1. The number of hydrogen-bond acceptors (Lipinski definition) is 2. The van der Waals surface area contributed by atoms with Gasteiger partial charge in [-0.1, -0.05) is 6.92 Å². The molecule has 1 heterocycles. The van der Waals surface area contributed by atoms with Gasteiger partial charge in [-0.15, -0.1) is 11.6 Å². The highest BCUT2D eigenvalue weighted by Crippen LogP contribution is 2.31. The van der Waals surface area contributed by atoms with Crippen LogP contribution in [0, 0.1) is 5.41 Å². The number of rotatable bonds is 4. The lowest BCUT2D eigenvalue weighted by atomic mass is 9.81. The minimum atomic E-state index is -0.406. The third kappa shape index (κ3) is 3.63. The van der Waals surface area contributed by atoms with Gasteiger partial charge in [0, 0.05) is 19.7 Å². The van der Waals surface area contributed by atoms with E-state index in [0.29, 0.717) is 0 Å².